The van der Waals surface area contributed by atoms with Gasteiger partial charge in [0.1, 0.15) is 0 Å². The van der Waals surface area contributed by atoms with Crippen molar-refractivity contribution in [2.75, 3.05) is 6.54 Å². The maximum atomic E-state index is 11.1. The van der Waals surface area contributed by atoms with E-state index in [1.807, 2.05) is 0 Å². The van der Waals surface area contributed by atoms with Gasteiger partial charge in [-0.1, -0.05) is 27.7 Å². The van der Waals surface area contributed by atoms with Crippen LogP contribution < -0.4 is 10.7 Å². The summed E-state index contributed by atoms with van der Waals surface area (Å²) in [5.41, 5.74) is 0. The van der Waals surface area contributed by atoms with Gasteiger partial charge in [-0.25, -0.2) is 0 Å². The van der Waals surface area contributed by atoms with Crippen molar-refractivity contribution < 1.29 is 10.2 Å². The molecule has 1 unspecified atom stereocenters. The Hall–Kier alpha value is -0.620. The standard InChI is InChI=1S/C7H8BrN3OS/c8-5-4-10-7(13-5)11-6(12)2-1-3-9/h1-3,5,9H,4H2,(H,10,11,12)/p+1/b2-1-,9-3?. The molecule has 0 saturated heterocycles. The molecule has 0 saturated carbocycles. The fraction of sp³-hybridized carbons (Fsp3) is 0.286. The molecule has 1 aliphatic rings. The van der Waals surface area contributed by atoms with Gasteiger partial charge in [0.2, 0.25) is 5.91 Å². The number of thioether (sulfide) groups is 1. The lowest BCUT2D eigenvalue weighted by atomic mass is 10.5. The van der Waals surface area contributed by atoms with E-state index >= 15 is 0 Å². The van der Waals surface area contributed by atoms with E-state index in [9.17, 15) is 4.79 Å². The van der Waals surface area contributed by atoms with Gasteiger partial charge in [-0.05, 0) is 0 Å². The molecule has 0 aromatic carbocycles. The van der Waals surface area contributed by atoms with Gasteiger partial charge in [0, 0.05) is 12.2 Å². The third kappa shape index (κ3) is 3.73. The number of alkyl halides is 1. The van der Waals surface area contributed by atoms with Crippen molar-refractivity contribution >= 4 is 45.0 Å². The molecule has 0 aromatic heterocycles. The normalized spacial score (nSPS) is 21.6. The lowest BCUT2D eigenvalue weighted by Crippen LogP contribution is -2.29. The van der Waals surface area contributed by atoms with Crippen LogP contribution in [0, 0.1) is 0 Å². The van der Waals surface area contributed by atoms with Crippen LogP contribution in [-0.2, 0) is 4.79 Å². The average Bonchev–Trinajstić information content (AvgIpc) is 2.48. The minimum absolute atomic E-state index is 0.213. The molecule has 0 aromatic rings. The summed E-state index contributed by atoms with van der Waals surface area (Å²) in [4.78, 5) is 15.2. The van der Waals surface area contributed by atoms with E-state index in [1.54, 1.807) is 0 Å². The molecular weight excluding hydrogens is 254 g/mol. The zero-order chi connectivity index (χ0) is 9.68. The highest BCUT2D eigenvalue weighted by Crippen LogP contribution is 2.24. The summed E-state index contributed by atoms with van der Waals surface area (Å²) in [5.74, 6) is -0.213. The first-order chi connectivity index (χ1) is 6.22. The highest BCUT2D eigenvalue weighted by atomic mass is 79.9. The molecule has 1 amide bonds. The number of nitrogens with zero attached hydrogens (tertiary/aromatic N) is 1. The Balaban J connectivity index is 2.37. The second-order valence-corrected chi connectivity index (χ2v) is 5.12. The highest BCUT2D eigenvalue weighted by Gasteiger charge is 2.17. The number of nitrogens with one attached hydrogen (secondary N) is 1. The summed E-state index contributed by atoms with van der Waals surface area (Å²) in [5, 5.41) is 8.34. The summed E-state index contributed by atoms with van der Waals surface area (Å²) < 4.78 is 0.271. The van der Waals surface area contributed by atoms with Crippen LogP contribution in [0.5, 0.6) is 0 Å². The third-order valence-corrected chi connectivity index (χ3v) is 2.92. The van der Waals surface area contributed by atoms with Crippen molar-refractivity contribution in [1.29, 1.82) is 0 Å². The summed E-state index contributed by atoms with van der Waals surface area (Å²) in [6, 6.07) is 0. The highest BCUT2D eigenvalue weighted by molar-refractivity contribution is 9.11. The Labute approximate surface area is 88.5 Å². The molecule has 0 spiro atoms. The zero-order valence-corrected chi connectivity index (χ0v) is 9.14. The number of carbonyl (C=O) groups is 1. The maximum Gasteiger partial charge on any atom is 0.250 e. The van der Waals surface area contributed by atoms with E-state index in [-0.39, 0.29) is 10.1 Å². The Kier molecular flexibility index (Phi) is 4.17. The van der Waals surface area contributed by atoms with E-state index in [2.05, 4.69) is 26.2 Å². The van der Waals surface area contributed by atoms with Gasteiger partial charge >= 0.3 is 0 Å². The smallest absolute Gasteiger partial charge is 0.250 e. The van der Waals surface area contributed by atoms with Gasteiger partial charge in [-0.3, -0.25) is 15.2 Å². The largest absolute Gasteiger partial charge is 0.302 e. The molecule has 70 valence electrons. The van der Waals surface area contributed by atoms with E-state index in [0.29, 0.717) is 11.7 Å². The predicted molar refractivity (Wildman–Crippen MR) is 57.9 cm³/mol. The van der Waals surface area contributed by atoms with Crippen LogP contribution in [0.1, 0.15) is 0 Å². The van der Waals surface area contributed by atoms with Gasteiger partial charge in [0.05, 0.1) is 10.7 Å². The van der Waals surface area contributed by atoms with Crippen molar-refractivity contribution in [2.24, 2.45) is 4.99 Å². The number of rotatable bonds is 2. The zero-order valence-electron chi connectivity index (χ0n) is 6.74. The number of halogens is 1. The second-order valence-electron chi connectivity index (χ2n) is 2.21. The van der Waals surface area contributed by atoms with E-state index in [0.717, 1.165) is 0 Å². The number of amides is 1. The maximum absolute atomic E-state index is 11.1. The molecule has 1 atom stereocenters. The van der Waals surface area contributed by atoms with E-state index in [4.69, 9.17) is 5.41 Å². The number of hydrogen-bond donors (Lipinski definition) is 2. The van der Waals surface area contributed by atoms with E-state index < -0.39 is 0 Å². The Bertz CT molecular complexity index is 277. The van der Waals surface area contributed by atoms with E-state index in [1.165, 1.54) is 30.1 Å². The molecule has 3 N–H and O–H groups in total. The Morgan fingerprint density at radius 1 is 1.85 bits per heavy atom. The first-order valence-electron chi connectivity index (χ1n) is 3.60. The summed E-state index contributed by atoms with van der Waals surface area (Å²) in [6.45, 7) is 0.688. The molecule has 1 aliphatic heterocycles. The van der Waals surface area contributed by atoms with Crippen LogP contribution in [0.2, 0.25) is 0 Å². The molecule has 0 aliphatic carbocycles. The molecular formula is C7H9BrN3OS+. The minimum atomic E-state index is -0.213. The van der Waals surface area contributed by atoms with Crippen LogP contribution in [0.4, 0.5) is 0 Å². The van der Waals surface area contributed by atoms with Crippen LogP contribution in [0.15, 0.2) is 17.1 Å². The third-order valence-electron chi connectivity index (χ3n) is 1.21. The van der Waals surface area contributed by atoms with Crippen molar-refractivity contribution in [3.05, 3.63) is 12.2 Å². The fourth-order valence-electron chi connectivity index (χ4n) is 0.709. The summed E-state index contributed by atoms with van der Waals surface area (Å²) >= 11 is 4.86. The van der Waals surface area contributed by atoms with Gasteiger partial charge in [-0.15, -0.1) is 0 Å². The SMILES string of the molecule is [NH2+]=C/C=C\C(=O)NC1=NCC(Br)S1. The van der Waals surface area contributed by atoms with Crippen LogP contribution in [0.25, 0.3) is 0 Å². The van der Waals surface area contributed by atoms with Crippen LogP contribution in [-0.4, -0.2) is 28.0 Å². The predicted octanol–water partition coefficient (Wildman–Crippen LogP) is -0.687. The molecule has 0 fully saturated rings. The first kappa shape index (κ1) is 10.5. The molecule has 0 bridgehead atoms. The molecule has 4 nitrogen and oxygen atoms in total. The lowest BCUT2D eigenvalue weighted by Gasteiger charge is -1.99. The minimum Gasteiger partial charge on any atom is -0.302 e. The molecule has 6 heteroatoms. The molecule has 1 rings (SSSR count). The quantitative estimate of drug-likeness (QED) is 0.393. The molecule has 1 heterocycles. The summed E-state index contributed by atoms with van der Waals surface area (Å²) in [7, 11) is 0. The Morgan fingerprint density at radius 2 is 2.62 bits per heavy atom. The van der Waals surface area contributed by atoms with Gasteiger partial charge in [-0.2, -0.15) is 0 Å². The first-order valence-corrected chi connectivity index (χ1v) is 5.39. The van der Waals surface area contributed by atoms with Crippen molar-refractivity contribution in [1.82, 2.24) is 5.32 Å². The molecule has 13 heavy (non-hydrogen) atoms. The van der Waals surface area contributed by atoms with Crippen LogP contribution >= 0.6 is 27.7 Å². The summed E-state index contributed by atoms with van der Waals surface area (Å²) in [6.07, 6.45) is 4.13. The fourth-order valence-corrected chi connectivity index (χ4v) is 2.09. The van der Waals surface area contributed by atoms with Crippen LogP contribution in [0.3, 0.4) is 0 Å². The van der Waals surface area contributed by atoms with Gasteiger partial charge in [0.25, 0.3) is 0 Å². The average molecular weight is 263 g/mol. The number of allylic oxidation sites excluding steroid dienone is 1. The van der Waals surface area contributed by atoms with Gasteiger partial charge in [0.15, 0.2) is 11.4 Å². The second kappa shape index (κ2) is 5.18. The van der Waals surface area contributed by atoms with Gasteiger partial charge < -0.3 is 5.32 Å². The Morgan fingerprint density at radius 3 is 3.15 bits per heavy atom. The lowest BCUT2D eigenvalue weighted by molar-refractivity contribution is -0.115. The number of nitrogens with two attached hydrogens (primary N) is 1. The van der Waals surface area contributed by atoms with Crippen molar-refractivity contribution in [2.45, 2.75) is 4.16 Å². The number of hydrogen-bond acceptors (Lipinski definition) is 3. The number of carbonyl (C=O) groups excluding carboxylic acids is 1. The number of amidine groups is 1. The van der Waals surface area contributed by atoms with Crippen molar-refractivity contribution in [3.8, 4) is 0 Å². The van der Waals surface area contributed by atoms with Crippen molar-refractivity contribution in [3.63, 3.8) is 0 Å². The molecule has 0 radical (unpaired) electrons. The monoisotopic (exact) mass is 262 g/mol. The number of aliphatic imine (C=N–C) groups is 1. The topological polar surface area (TPSA) is 67.0 Å².